The number of hydrogen-bond acceptors (Lipinski definition) is 12. The molecule has 0 saturated carbocycles. The number of nitrogens with two attached hydrogens (primary N) is 1. The van der Waals surface area contributed by atoms with E-state index in [-0.39, 0.29) is 23.5 Å². The molecule has 0 aliphatic carbocycles. The number of fused-ring (bicyclic) bond motifs is 8. The van der Waals surface area contributed by atoms with E-state index in [1.165, 1.54) is 67.9 Å². The lowest BCUT2D eigenvalue weighted by molar-refractivity contribution is -0.120. The molecule has 2 N–H and O–H groups in total. The lowest BCUT2D eigenvalue weighted by atomic mass is 9.65. The highest BCUT2D eigenvalue weighted by atomic mass is 35.5. The van der Waals surface area contributed by atoms with Gasteiger partial charge in [0.25, 0.3) is 6.47 Å². The highest BCUT2D eigenvalue weighted by molar-refractivity contribution is 7.22. The van der Waals surface area contributed by atoms with Gasteiger partial charge in [0.1, 0.15) is 10.0 Å². The first kappa shape index (κ1) is 41.1. The third kappa shape index (κ3) is 8.01. The normalized spacial score (nSPS) is 25.4. The summed E-state index contributed by atoms with van der Waals surface area (Å²) in [6.45, 7) is 14.6. The SMILES string of the molecule is CC1(C)[C@H](CC(=O)c2cc3cccc(-c4nccs4)c3s2)C2CCN1CC2.CC1(C)[C@H](N)C2CCN1CC2.Cl.O=COc1cc2cccc(-c3nccs3)c2s1. The van der Waals surface area contributed by atoms with Crippen molar-refractivity contribution in [1.82, 2.24) is 19.8 Å². The molecule has 6 aliphatic heterocycles. The Bertz CT molecular complexity index is 2250. The summed E-state index contributed by atoms with van der Waals surface area (Å²) in [7, 11) is 0. The summed E-state index contributed by atoms with van der Waals surface area (Å²) in [6, 6.07) is 16.7. The highest BCUT2D eigenvalue weighted by Gasteiger charge is 2.48. The van der Waals surface area contributed by atoms with Crippen molar-refractivity contribution in [3.05, 3.63) is 76.6 Å². The third-order valence-corrected chi connectivity index (χ3v) is 16.7. The van der Waals surface area contributed by atoms with E-state index in [0.29, 0.717) is 41.6 Å². The Kier molecular flexibility index (Phi) is 12.5. The summed E-state index contributed by atoms with van der Waals surface area (Å²) in [5, 5.41) is 8.80. The second-order valence-electron chi connectivity index (χ2n) is 16.2. The predicted molar refractivity (Wildman–Crippen MR) is 237 cm³/mol. The van der Waals surface area contributed by atoms with Crippen molar-refractivity contribution in [1.29, 1.82) is 0 Å². The van der Waals surface area contributed by atoms with Gasteiger partial charge in [0, 0.05) is 73.3 Å². The number of aromatic nitrogens is 2. The number of hydrogen-bond donors (Lipinski definition) is 1. The Morgan fingerprint density at radius 1 is 0.804 bits per heavy atom. The number of benzene rings is 2. The first-order valence-electron chi connectivity index (χ1n) is 19.3. The molecular formula is C43H50ClN5O3S4. The molecule has 8 nitrogen and oxygen atoms in total. The molecule has 10 heterocycles. The number of piperidine rings is 6. The van der Waals surface area contributed by atoms with Crippen LogP contribution in [0.1, 0.15) is 69.5 Å². The number of carbonyl (C=O) groups is 2. The van der Waals surface area contributed by atoms with E-state index in [2.05, 4.69) is 71.7 Å². The average molecular weight is 849 g/mol. The van der Waals surface area contributed by atoms with Crippen molar-refractivity contribution >= 4 is 90.2 Å². The number of nitrogens with zero attached hydrogens (tertiary/aromatic N) is 4. The quantitative estimate of drug-likeness (QED) is 0.125. The molecule has 2 aromatic carbocycles. The summed E-state index contributed by atoms with van der Waals surface area (Å²) in [6.07, 6.45) is 9.45. The summed E-state index contributed by atoms with van der Waals surface area (Å²) < 4.78 is 7.16. The van der Waals surface area contributed by atoms with Gasteiger partial charge in [-0.1, -0.05) is 47.7 Å². The van der Waals surface area contributed by atoms with Crippen LogP contribution in [0, 0.1) is 17.8 Å². The van der Waals surface area contributed by atoms with E-state index in [1.807, 2.05) is 41.2 Å². The van der Waals surface area contributed by atoms with Crippen LogP contribution in [0.25, 0.3) is 41.3 Å². The first-order valence-corrected chi connectivity index (χ1v) is 22.7. The molecule has 2 atom stereocenters. The topological polar surface area (TPSA) is 102 Å². The number of halogens is 1. The van der Waals surface area contributed by atoms with Crippen LogP contribution in [0.15, 0.2) is 71.7 Å². The van der Waals surface area contributed by atoms with Gasteiger partial charge >= 0.3 is 0 Å². The Labute approximate surface area is 351 Å². The summed E-state index contributed by atoms with van der Waals surface area (Å²) in [5.74, 6) is 2.29. The molecule has 6 aliphatic rings. The van der Waals surface area contributed by atoms with E-state index < -0.39 is 0 Å². The predicted octanol–water partition coefficient (Wildman–Crippen LogP) is 10.5. The van der Waals surface area contributed by atoms with Crippen LogP contribution in [-0.4, -0.2) is 75.3 Å². The molecule has 56 heavy (non-hydrogen) atoms. The monoisotopic (exact) mass is 847 g/mol. The van der Waals surface area contributed by atoms with E-state index in [0.717, 1.165) is 47.4 Å². The molecule has 13 heteroatoms. The van der Waals surface area contributed by atoms with Crippen LogP contribution in [0.4, 0.5) is 0 Å². The van der Waals surface area contributed by atoms with Crippen LogP contribution in [0.3, 0.4) is 0 Å². The average Bonchev–Trinajstić information content (AvgIpc) is 4.03. The van der Waals surface area contributed by atoms with Crippen LogP contribution in [-0.2, 0) is 4.79 Å². The molecule has 0 radical (unpaired) electrons. The summed E-state index contributed by atoms with van der Waals surface area (Å²) in [5.41, 5.74) is 8.79. The molecule has 6 fully saturated rings. The Morgan fingerprint density at radius 3 is 1.82 bits per heavy atom. The second kappa shape index (κ2) is 17.0. The maximum atomic E-state index is 13.2. The molecular weight excluding hydrogens is 798 g/mol. The number of ketones is 1. The summed E-state index contributed by atoms with van der Waals surface area (Å²) >= 11 is 6.35. The Morgan fingerprint density at radius 2 is 1.34 bits per heavy atom. The number of thiazole rings is 2. The van der Waals surface area contributed by atoms with Crippen molar-refractivity contribution in [2.24, 2.45) is 23.5 Å². The van der Waals surface area contributed by atoms with Gasteiger partial charge in [-0.15, -0.1) is 46.4 Å². The fourth-order valence-electron chi connectivity index (χ4n) is 9.42. The van der Waals surface area contributed by atoms with E-state index in [4.69, 9.17) is 10.5 Å². The number of carbonyl (C=O) groups excluding carboxylic acids is 2. The molecule has 0 unspecified atom stereocenters. The lowest BCUT2D eigenvalue weighted by Crippen LogP contribution is -2.67. The second-order valence-corrected chi connectivity index (χ2v) is 20.1. The largest absolute Gasteiger partial charge is 0.418 e. The van der Waals surface area contributed by atoms with Gasteiger partial charge in [-0.05, 0) is 114 Å². The summed E-state index contributed by atoms with van der Waals surface area (Å²) in [4.78, 5) is 38.4. The van der Waals surface area contributed by atoms with Crippen LogP contribution < -0.4 is 10.5 Å². The standard InChI is InChI=1S/C22H24N2OS2.C12H7NO2S2.C9H18N2.ClH/c1-22(2)17(14-6-9-24(22)10-7-14)13-18(25)19-12-15-4-3-5-16(20(15)27-19)21-23-8-11-26-21;14-7-15-10-6-8-2-1-3-9(11(8)17-10)12-13-4-5-16-12;1-9(2)8(10)7-3-5-11(9)6-4-7;/h3-5,8,11-12,14,17H,6-7,9-10,13H2,1-2H3;1-7H;7-8H,3-6,10H2,1-2H3;1H/t17-;;8-;/m1.1./s1. The fourth-order valence-corrected chi connectivity index (χ4v) is 13.0. The van der Waals surface area contributed by atoms with Crippen molar-refractivity contribution in [3.8, 4) is 26.2 Å². The van der Waals surface area contributed by atoms with Crippen LogP contribution in [0.5, 0.6) is 5.06 Å². The van der Waals surface area contributed by atoms with Crippen LogP contribution >= 0.6 is 57.8 Å². The minimum absolute atomic E-state index is 0. The number of rotatable bonds is 7. The fraction of sp³-hybridized carbons (Fsp3) is 0.442. The zero-order valence-electron chi connectivity index (χ0n) is 32.3. The smallest absolute Gasteiger partial charge is 0.299 e. The molecule has 12 rings (SSSR count). The van der Waals surface area contributed by atoms with Gasteiger partial charge in [0.2, 0.25) is 0 Å². The molecule has 4 bridgehead atoms. The third-order valence-electron chi connectivity index (χ3n) is 12.7. The van der Waals surface area contributed by atoms with Crippen molar-refractivity contribution in [2.45, 2.75) is 76.9 Å². The first-order chi connectivity index (χ1) is 26.5. The maximum Gasteiger partial charge on any atom is 0.299 e. The molecule has 296 valence electrons. The molecule has 0 spiro atoms. The Hall–Kier alpha value is -3.07. The molecule has 6 saturated heterocycles. The zero-order valence-corrected chi connectivity index (χ0v) is 36.4. The van der Waals surface area contributed by atoms with Gasteiger partial charge in [-0.2, -0.15) is 0 Å². The van der Waals surface area contributed by atoms with Crippen molar-refractivity contribution < 1.29 is 14.3 Å². The molecule has 4 aromatic heterocycles. The van der Waals surface area contributed by atoms with Gasteiger partial charge < -0.3 is 10.5 Å². The number of ether oxygens (including phenoxy) is 1. The zero-order chi connectivity index (χ0) is 38.3. The molecule has 0 amide bonds. The van der Waals surface area contributed by atoms with Gasteiger partial charge in [0.15, 0.2) is 10.8 Å². The number of thiophene rings is 2. The minimum atomic E-state index is 0. The van der Waals surface area contributed by atoms with E-state index >= 15 is 0 Å². The van der Waals surface area contributed by atoms with Crippen molar-refractivity contribution in [2.75, 3.05) is 26.2 Å². The van der Waals surface area contributed by atoms with Gasteiger partial charge in [-0.25, -0.2) is 9.97 Å². The lowest BCUT2D eigenvalue weighted by Gasteiger charge is -2.56. The Balaban J connectivity index is 0.000000141. The van der Waals surface area contributed by atoms with Crippen molar-refractivity contribution in [3.63, 3.8) is 0 Å². The van der Waals surface area contributed by atoms with E-state index in [1.54, 1.807) is 40.2 Å². The van der Waals surface area contributed by atoms with E-state index in [9.17, 15) is 9.59 Å². The number of Topliss-reactive ketones (excluding diaryl/α,β-unsaturated/α-hetero) is 1. The molecule has 6 aromatic rings. The van der Waals surface area contributed by atoms with Crippen LogP contribution in [0.2, 0.25) is 0 Å². The minimum Gasteiger partial charge on any atom is -0.418 e. The maximum absolute atomic E-state index is 13.2. The highest BCUT2D eigenvalue weighted by Crippen LogP contribution is 2.47. The van der Waals surface area contributed by atoms with Gasteiger partial charge in [0.05, 0.1) is 4.88 Å². The van der Waals surface area contributed by atoms with Gasteiger partial charge in [-0.3, -0.25) is 19.4 Å².